The molecular formula is C26H21ClN2O3. The fourth-order valence-electron chi connectivity index (χ4n) is 3.05. The smallest absolute Gasteiger partial charge is 0.277 e. The molecule has 0 aliphatic carbocycles. The fraction of sp³-hybridized carbons (Fsp3) is 0.0769. The molecule has 0 saturated carbocycles. The van der Waals surface area contributed by atoms with Crippen LogP contribution in [-0.2, 0) is 11.4 Å². The number of nitrogens with zero attached hydrogens (tertiary/aromatic N) is 1. The monoisotopic (exact) mass is 444 g/mol. The molecule has 160 valence electrons. The van der Waals surface area contributed by atoms with Crippen LogP contribution in [0.5, 0.6) is 11.5 Å². The summed E-state index contributed by atoms with van der Waals surface area (Å²) in [6.07, 6.45) is 1.56. The van der Waals surface area contributed by atoms with Crippen LogP contribution in [0.25, 0.3) is 10.8 Å². The summed E-state index contributed by atoms with van der Waals surface area (Å²) in [6.45, 7) is 0.306. The first-order valence-corrected chi connectivity index (χ1v) is 10.4. The summed E-state index contributed by atoms with van der Waals surface area (Å²) in [4.78, 5) is 12.0. The van der Waals surface area contributed by atoms with Crippen molar-refractivity contribution in [2.45, 2.75) is 6.61 Å². The maximum Gasteiger partial charge on any atom is 0.277 e. The molecule has 0 aromatic heterocycles. The molecule has 0 unspecified atom stereocenters. The minimum absolute atomic E-state index is 0.125. The van der Waals surface area contributed by atoms with Gasteiger partial charge in [0.15, 0.2) is 6.61 Å². The summed E-state index contributed by atoms with van der Waals surface area (Å²) in [7, 11) is 0. The number of benzene rings is 4. The van der Waals surface area contributed by atoms with Crippen LogP contribution in [0.15, 0.2) is 96.1 Å². The van der Waals surface area contributed by atoms with Crippen molar-refractivity contribution in [3.63, 3.8) is 0 Å². The van der Waals surface area contributed by atoms with E-state index in [4.69, 9.17) is 21.1 Å². The molecule has 0 fully saturated rings. The second-order valence-corrected chi connectivity index (χ2v) is 7.51. The van der Waals surface area contributed by atoms with Crippen LogP contribution in [-0.4, -0.2) is 18.7 Å². The van der Waals surface area contributed by atoms with Gasteiger partial charge < -0.3 is 9.47 Å². The predicted molar refractivity (Wildman–Crippen MR) is 127 cm³/mol. The molecule has 32 heavy (non-hydrogen) atoms. The van der Waals surface area contributed by atoms with Crippen molar-refractivity contribution in [3.8, 4) is 11.5 Å². The van der Waals surface area contributed by atoms with Crippen LogP contribution in [0, 0.1) is 0 Å². The Morgan fingerprint density at radius 1 is 0.844 bits per heavy atom. The number of hydrogen-bond donors (Lipinski definition) is 1. The highest BCUT2D eigenvalue weighted by atomic mass is 35.5. The van der Waals surface area contributed by atoms with E-state index in [1.165, 1.54) is 0 Å². The molecule has 0 spiro atoms. The average Bonchev–Trinajstić information content (AvgIpc) is 2.82. The number of carbonyl (C=O) groups is 1. The highest BCUT2D eigenvalue weighted by Crippen LogP contribution is 2.20. The summed E-state index contributed by atoms with van der Waals surface area (Å²) in [5.41, 5.74) is 4.29. The Balaban J connectivity index is 1.26. The van der Waals surface area contributed by atoms with E-state index in [1.807, 2.05) is 91.0 Å². The summed E-state index contributed by atoms with van der Waals surface area (Å²) in [5, 5.41) is 6.87. The van der Waals surface area contributed by atoms with E-state index in [0.29, 0.717) is 23.1 Å². The second kappa shape index (κ2) is 10.5. The van der Waals surface area contributed by atoms with Crippen molar-refractivity contribution >= 4 is 34.5 Å². The number of hydrazone groups is 1. The zero-order valence-electron chi connectivity index (χ0n) is 17.2. The van der Waals surface area contributed by atoms with Gasteiger partial charge in [-0.2, -0.15) is 5.10 Å². The zero-order valence-corrected chi connectivity index (χ0v) is 18.0. The minimum atomic E-state index is -0.343. The van der Waals surface area contributed by atoms with Crippen molar-refractivity contribution < 1.29 is 14.3 Å². The van der Waals surface area contributed by atoms with E-state index >= 15 is 0 Å². The third kappa shape index (κ3) is 6.09. The molecule has 5 nitrogen and oxygen atoms in total. The standard InChI is InChI=1S/C26H21ClN2O3/c27-23-11-8-19(9-12-23)17-31-24-7-3-4-20(14-24)16-28-29-26(30)18-32-25-13-10-21-5-1-2-6-22(21)15-25/h1-16H,17-18H2,(H,29,30)/b28-16+. The lowest BCUT2D eigenvalue weighted by atomic mass is 10.1. The number of fused-ring (bicyclic) bond motifs is 1. The number of carbonyl (C=O) groups excluding carboxylic acids is 1. The number of nitrogens with one attached hydrogen (secondary N) is 1. The lowest BCUT2D eigenvalue weighted by Gasteiger charge is -2.07. The molecule has 6 heteroatoms. The van der Waals surface area contributed by atoms with Crippen molar-refractivity contribution in [1.82, 2.24) is 5.43 Å². The van der Waals surface area contributed by atoms with Gasteiger partial charge in [-0.15, -0.1) is 0 Å². The van der Waals surface area contributed by atoms with Crippen LogP contribution >= 0.6 is 11.6 Å². The van der Waals surface area contributed by atoms with E-state index in [1.54, 1.807) is 6.21 Å². The van der Waals surface area contributed by atoms with Gasteiger partial charge in [-0.25, -0.2) is 5.43 Å². The van der Waals surface area contributed by atoms with Gasteiger partial charge in [0.2, 0.25) is 0 Å². The van der Waals surface area contributed by atoms with Crippen molar-refractivity contribution in [1.29, 1.82) is 0 Å². The van der Waals surface area contributed by atoms with Crippen LogP contribution in [0.4, 0.5) is 0 Å². The zero-order chi connectivity index (χ0) is 22.2. The van der Waals surface area contributed by atoms with Crippen molar-refractivity contribution in [2.75, 3.05) is 6.61 Å². The number of amides is 1. The van der Waals surface area contributed by atoms with Crippen LogP contribution in [0.1, 0.15) is 11.1 Å². The molecule has 4 rings (SSSR count). The maximum atomic E-state index is 12.0. The molecule has 0 radical (unpaired) electrons. The Kier molecular flexibility index (Phi) is 7.00. The van der Waals surface area contributed by atoms with Gasteiger partial charge in [-0.3, -0.25) is 4.79 Å². The van der Waals surface area contributed by atoms with Crippen molar-refractivity contribution in [2.24, 2.45) is 5.10 Å². The van der Waals surface area contributed by atoms with Gasteiger partial charge in [0, 0.05) is 5.02 Å². The first kappa shape index (κ1) is 21.4. The molecule has 0 atom stereocenters. The van der Waals surface area contributed by atoms with Gasteiger partial charge >= 0.3 is 0 Å². The first-order valence-electron chi connectivity index (χ1n) is 10.1. The lowest BCUT2D eigenvalue weighted by Crippen LogP contribution is -2.24. The van der Waals surface area contributed by atoms with Gasteiger partial charge in [0.1, 0.15) is 18.1 Å². The Bertz CT molecular complexity index is 1240. The SMILES string of the molecule is O=C(COc1ccc2ccccc2c1)N/N=C/c1cccc(OCc2ccc(Cl)cc2)c1. The predicted octanol–water partition coefficient (Wildman–Crippen LogP) is 5.60. The topological polar surface area (TPSA) is 59.9 Å². The molecule has 0 saturated heterocycles. The second-order valence-electron chi connectivity index (χ2n) is 7.08. The molecule has 0 aliphatic heterocycles. The number of hydrogen-bond acceptors (Lipinski definition) is 4. The van der Waals surface area contributed by atoms with E-state index in [-0.39, 0.29) is 12.5 Å². The molecule has 0 aliphatic rings. The van der Waals surface area contributed by atoms with Gasteiger partial charge in [-0.05, 0) is 58.3 Å². The van der Waals surface area contributed by atoms with E-state index < -0.39 is 0 Å². The van der Waals surface area contributed by atoms with E-state index in [9.17, 15) is 4.79 Å². The number of rotatable bonds is 8. The molecule has 4 aromatic rings. The Morgan fingerprint density at radius 2 is 1.62 bits per heavy atom. The normalized spacial score (nSPS) is 10.9. The molecule has 4 aromatic carbocycles. The average molecular weight is 445 g/mol. The quantitative estimate of drug-likeness (QED) is 0.284. The van der Waals surface area contributed by atoms with E-state index in [2.05, 4.69) is 10.5 Å². The minimum Gasteiger partial charge on any atom is -0.489 e. The Hall–Kier alpha value is -3.83. The largest absolute Gasteiger partial charge is 0.489 e. The Morgan fingerprint density at radius 3 is 2.47 bits per heavy atom. The van der Waals surface area contributed by atoms with Gasteiger partial charge in [0.05, 0.1) is 6.21 Å². The van der Waals surface area contributed by atoms with Gasteiger partial charge in [-0.1, -0.05) is 66.2 Å². The highest BCUT2D eigenvalue weighted by molar-refractivity contribution is 6.30. The van der Waals surface area contributed by atoms with Gasteiger partial charge in [0.25, 0.3) is 5.91 Å². The lowest BCUT2D eigenvalue weighted by molar-refractivity contribution is -0.123. The molecule has 0 heterocycles. The molecular weight excluding hydrogens is 424 g/mol. The van der Waals surface area contributed by atoms with Crippen LogP contribution in [0.3, 0.4) is 0 Å². The Labute approximate surface area is 191 Å². The summed E-state index contributed by atoms with van der Waals surface area (Å²) in [5.74, 6) is 0.993. The first-order chi connectivity index (χ1) is 15.7. The molecule has 0 bridgehead atoms. The summed E-state index contributed by atoms with van der Waals surface area (Å²) < 4.78 is 11.4. The van der Waals surface area contributed by atoms with Crippen LogP contribution < -0.4 is 14.9 Å². The van der Waals surface area contributed by atoms with E-state index in [0.717, 1.165) is 21.9 Å². The fourth-order valence-corrected chi connectivity index (χ4v) is 3.18. The molecule has 1 amide bonds. The summed E-state index contributed by atoms with van der Waals surface area (Å²) in [6, 6.07) is 28.6. The number of ether oxygens (including phenoxy) is 2. The third-order valence-corrected chi connectivity index (χ3v) is 4.92. The molecule has 1 N–H and O–H groups in total. The van der Waals surface area contributed by atoms with Crippen LogP contribution in [0.2, 0.25) is 5.02 Å². The van der Waals surface area contributed by atoms with Crippen molar-refractivity contribution in [3.05, 3.63) is 107 Å². The third-order valence-electron chi connectivity index (χ3n) is 4.67. The highest BCUT2D eigenvalue weighted by Gasteiger charge is 2.03. The number of halogens is 1. The summed E-state index contributed by atoms with van der Waals surface area (Å²) >= 11 is 5.90. The maximum absolute atomic E-state index is 12.0.